The number of hydrogen-bond donors (Lipinski definition) is 1. The molecule has 1 fully saturated rings. The lowest BCUT2D eigenvalue weighted by Crippen LogP contribution is -2.46. The molecule has 1 aromatic rings. The van der Waals surface area contributed by atoms with Crippen molar-refractivity contribution in [2.75, 3.05) is 31.7 Å². The van der Waals surface area contributed by atoms with Gasteiger partial charge in [0.15, 0.2) is 0 Å². The van der Waals surface area contributed by atoms with Crippen LogP contribution in [-0.4, -0.2) is 47.5 Å². The second kappa shape index (κ2) is 5.45. The first-order valence-corrected chi connectivity index (χ1v) is 6.66. The summed E-state index contributed by atoms with van der Waals surface area (Å²) >= 11 is 2.17. The second-order valence-corrected chi connectivity index (χ2v) is 5.64. The van der Waals surface area contributed by atoms with Gasteiger partial charge >= 0.3 is 0 Å². The molecule has 6 heteroatoms. The molecule has 0 amide bonds. The average molecular weight is 349 g/mol. The predicted octanol–water partition coefficient (Wildman–Crippen LogP) is 1.06. The van der Waals surface area contributed by atoms with E-state index in [9.17, 15) is 5.11 Å². The Kier molecular flexibility index (Phi) is 4.16. The van der Waals surface area contributed by atoms with Crippen molar-refractivity contribution in [1.82, 2.24) is 9.97 Å². The summed E-state index contributed by atoms with van der Waals surface area (Å²) in [5.41, 5.74) is -0.681. The van der Waals surface area contributed by atoms with Gasteiger partial charge in [0, 0.05) is 55.6 Å². The molecule has 17 heavy (non-hydrogen) atoms. The molecule has 1 aliphatic rings. The van der Waals surface area contributed by atoms with Crippen molar-refractivity contribution in [1.29, 1.82) is 0 Å². The van der Waals surface area contributed by atoms with Crippen molar-refractivity contribution in [2.24, 2.45) is 0 Å². The van der Waals surface area contributed by atoms with Gasteiger partial charge in [-0.2, -0.15) is 0 Å². The van der Waals surface area contributed by atoms with Gasteiger partial charge in [0.1, 0.15) is 0 Å². The fourth-order valence-corrected chi connectivity index (χ4v) is 2.20. The molecule has 1 aliphatic heterocycles. The Balaban J connectivity index is 2.00. The van der Waals surface area contributed by atoms with Gasteiger partial charge in [-0.25, -0.2) is 9.97 Å². The quantitative estimate of drug-likeness (QED) is 0.827. The number of likely N-dealkylation sites (N-methyl/N-ethyl adjacent to an activating group) is 1. The molecule has 0 spiro atoms. The maximum Gasteiger partial charge on any atom is 0.225 e. The second-order valence-electron chi connectivity index (χ2n) is 4.39. The predicted molar refractivity (Wildman–Crippen MR) is 73.0 cm³/mol. The van der Waals surface area contributed by atoms with Gasteiger partial charge in [-0.15, -0.1) is 0 Å². The Morgan fingerprint density at radius 1 is 1.41 bits per heavy atom. The Morgan fingerprint density at radius 3 is 2.59 bits per heavy atom. The maximum absolute atomic E-state index is 10.4. The van der Waals surface area contributed by atoms with E-state index < -0.39 is 5.60 Å². The lowest BCUT2D eigenvalue weighted by atomic mass is 9.94. The molecule has 0 radical (unpaired) electrons. The molecule has 0 bridgehead atoms. The van der Waals surface area contributed by atoms with Crippen molar-refractivity contribution >= 4 is 28.5 Å². The van der Waals surface area contributed by atoms with E-state index in [1.807, 2.05) is 11.9 Å². The minimum Gasteiger partial charge on any atom is -0.388 e. The van der Waals surface area contributed by atoms with Gasteiger partial charge in [0.05, 0.1) is 5.60 Å². The first-order chi connectivity index (χ1) is 8.09. The number of halogens is 1. The summed E-state index contributed by atoms with van der Waals surface area (Å²) in [6.45, 7) is 1.78. The molecule has 1 saturated heterocycles. The third-order valence-corrected chi connectivity index (χ3v) is 3.46. The standard InChI is InChI=1S/C11H16IN3O2/c1-15(10-13-6-9(12)7-14-10)8-11(16)2-4-17-5-3-11/h6-7,16H,2-5,8H2,1H3. The summed E-state index contributed by atoms with van der Waals surface area (Å²) in [6, 6.07) is 0. The molecular formula is C11H16IN3O2. The molecule has 1 N–H and O–H groups in total. The Bertz CT molecular complexity index is 365. The van der Waals surface area contributed by atoms with Gasteiger partial charge in [0.25, 0.3) is 0 Å². The average Bonchev–Trinajstić information content (AvgIpc) is 2.30. The number of rotatable bonds is 3. The summed E-state index contributed by atoms with van der Waals surface area (Å²) in [6.07, 6.45) is 4.88. The van der Waals surface area contributed by atoms with Crippen LogP contribution in [0.5, 0.6) is 0 Å². The van der Waals surface area contributed by atoms with Gasteiger partial charge in [-0.05, 0) is 22.6 Å². The number of ether oxygens (including phenoxy) is 1. The van der Waals surface area contributed by atoms with Crippen LogP contribution in [0.25, 0.3) is 0 Å². The van der Waals surface area contributed by atoms with Crippen LogP contribution in [-0.2, 0) is 4.74 Å². The SMILES string of the molecule is CN(CC1(O)CCOCC1)c1ncc(I)cn1. The number of anilines is 1. The van der Waals surface area contributed by atoms with Gasteiger partial charge in [-0.3, -0.25) is 0 Å². The first-order valence-electron chi connectivity index (χ1n) is 5.58. The molecule has 0 unspecified atom stereocenters. The number of nitrogens with zero attached hydrogens (tertiary/aromatic N) is 3. The summed E-state index contributed by atoms with van der Waals surface area (Å²) in [4.78, 5) is 10.4. The molecule has 0 aliphatic carbocycles. The molecule has 0 atom stereocenters. The Hall–Kier alpha value is -0.470. The number of hydrogen-bond acceptors (Lipinski definition) is 5. The Labute approximate surface area is 114 Å². The summed E-state index contributed by atoms with van der Waals surface area (Å²) in [5, 5.41) is 10.4. The van der Waals surface area contributed by atoms with Crippen molar-refractivity contribution in [2.45, 2.75) is 18.4 Å². The number of aliphatic hydroxyl groups is 1. The van der Waals surface area contributed by atoms with Crippen molar-refractivity contribution in [3.05, 3.63) is 16.0 Å². The van der Waals surface area contributed by atoms with Crippen molar-refractivity contribution < 1.29 is 9.84 Å². The van der Waals surface area contributed by atoms with Gasteiger partial charge in [-0.1, -0.05) is 0 Å². The molecule has 0 saturated carbocycles. The largest absolute Gasteiger partial charge is 0.388 e. The van der Waals surface area contributed by atoms with E-state index in [0.717, 1.165) is 3.57 Å². The minimum absolute atomic E-state index is 0.539. The van der Waals surface area contributed by atoms with E-state index in [-0.39, 0.29) is 0 Å². The first kappa shape index (κ1) is 13.0. The fourth-order valence-electron chi connectivity index (χ4n) is 1.92. The molecule has 0 aromatic carbocycles. The van der Waals surface area contributed by atoms with Crippen LogP contribution < -0.4 is 4.90 Å². The van der Waals surface area contributed by atoms with Gasteiger partial charge < -0.3 is 14.7 Å². The molecule has 5 nitrogen and oxygen atoms in total. The highest BCUT2D eigenvalue weighted by Gasteiger charge is 2.31. The van der Waals surface area contributed by atoms with E-state index in [4.69, 9.17) is 4.74 Å². The highest BCUT2D eigenvalue weighted by molar-refractivity contribution is 14.1. The maximum atomic E-state index is 10.4. The molecular weight excluding hydrogens is 333 g/mol. The lowest BCUT2D eigenvalue weighted by Gasteiger charge is -2.35. The van der Waals surface area contributed by atoms with Crippen LogP contribution >= 0.6 is 22.6 Å². The monoisotopic (exact) mass is 349 g/mol. The van der Waals surface area contributed by atoms with Crippen LogP contribution in [0.1, 0.15) is 12.8 Å². The highest BCUT2D eigenvalue weighted by atomic mass is 127. The van der Waals surface area contributed by atoms with Crippen LogP contribution in [0.4, 0.5) is 5.95 Å². The third kappa shape index (κ3) is 3.49. The lowest BCUT2D eigenvalue weighted by molar-refractivity contribution is -0.0574. The van der Waals surface area contributed by atoms with Crippen molar-refractivity contribution in [3.8, 4) is 0 Å². The number of aromatic nitrogens is 2. The highest BCUT2D eigenvalue weighted by Crippen LogP contribution is 2.22. The Morgan fingerprint density at radius 2 is 2.00 bits per heavy atom. The van der Waals surface area contributed by atoms with Crippen LogP contribution in [0.2, 0.25) is 0 Å². The minimum atomic E-state index is -0.681. The normalized spacial score (nSPS) is 19.0. The van der Waals surface area contributed by atoms with E-state index in [2.05, 4.69) is 32.6 Å². The zero-order valence-electron chi connectivity index (χ0n) is 9.77. The molecule has 1 aromatic heterocycles. The zero-order chi connectivity index (χ0) is 12.3. The third-order valence-electron chi connectivity index (χ3n) is 2.90. The van der Waals surface area contributed by atoms with E-state index >= 15 is 0 Å². The van der Waals surface area contributed by atoms with Crippen molar-refractivity contribution in [3.63, 3.8) is 0 Å². The van der Waals surface area contributed by atoms with Crippen LogP contribution in [0, 0.1) is 3.57 Å². The smallest absolute Gasteiger partial charge is 0.225 e. The molecule has 2 rings (SSSR count). The van der Waals surface area contributed by atoms with E-state index in [0.29, 0.717) is 38.5 Å². The van der Waals surface area contributed by atoms with Gasteiger partial charge in [0.2, 0.25) is 5.95 Å². The van der Waals surface area contributed by atoms with Crippen LogP contribution in [0.3, 0.4) is 0 Å². The zero-order valence-corrected chi connectivity index (χ0v) is 11.9. The topological polar surface area (TPSA) is 58.5 Å². The summed E-state index contributed by atoms with van der Waals surface area (Å²) in [7, 11) is 1.90. The molecule has 2 heterocycles. The van der Waals surface area contributed by atoms with Crippen LogP contribution in [0.15, 0.2) is 12.4 Å². The summed E-state index contributed by atoms with van der Waals surface area (Å²) in [5.74, 6) is 0.644. The fraction of sp³-hybridized carbons (Fsp3) is 0.636. The van der Waals surface area contributed by atoms with E-state index in [1.54, 1.807) is 12.4 Å². The summed E-state index contributed by atoms with van der Waals surface area (Å²) < 4.78 is 6.26. The molecule has 94 valence electrons. The van der Waals surface area contributed by atoms with E-state index in [1.165, 1.54) is 0 Å².